The van der Waals surface area contributed by atoms with Crippen molar-refractivity contribution in [1.82, 2.24) is 4.90 Å². The summed E-state index contributed by atoms with van der Waals surface area (Å²) in [4.78, 5) is 2.26. The summed E-state index contributed by atoms with van der Waals surface area (Å²) in [5, 5.41) is 0. The Bertz CT molecular complexity index is 364. The molecule has 0 aliphatic heterocycles. The minimum Gasteiger partial charge on any atom is -0.398 e. The van der Waals surface area contributed by atoms with Crippen molar-refractivity contribution >= 4 is 5.69 Å². The molecule has 0 spiro atoms. The molecule has 0 aromatic heterocycles. The predicted octanol–water partition coefficient (Wildman–Crippen LogP) is 3.56. The van der Waals surface area contributed by atoms with E-state index in [1.807, 2.05) is 0 Å². The predicted molar refractivity (Wildman–Crippen MR) is 73.8 cm³/mol. The quantitative estimate of drug-likeness (QED) is 0.656. The number of hydrogen-bond donors (Lipinski definition) is 1. The maximum atomic E-state index is 13.8. The zero-order chi connectivity index (χ0) is 13.0. The van der Waals surface area contributed by atoms with Gasteiger partial charge >= 0.3 is 0 Å². The van der Waals surface area contributed by atoms with Crippen molar-refractivity contribution < 1.29 is 4.39 Å². The van der Waals surface area contributed by atoms with Crippen molar-refractivity contribution in [1.29, 1.82) is 0 Å². The lowest BCUT2D eigenvalue weighted by atomic mass is 10.1. The molecule has 0 bridgehead atoms. The fraction of sp³-hybridized carbons (Fsp3) is 0.600. The Morgan fingerprint density at radius 3 is 2.50 bits per heavy atom. The molecule has 2 N–H and O–H groups in total. The van der Waals surface area contributed by atoms with E-state index in [0.717, 1.165) is 0 Å². The van der Waals surface area contributed by atoms with Crippen molar-refractivity contribution in [2.24, 2.45) is 0 Å². The molecular weight excluding hydrogens is 227 g/mol. The average Bonchev–Trinajstić information content (AvgIpc) is 2.62. The van der Waals surface area contributed by atoms with Gasteiger partial charge in [-0.1, -0.05) is 31.7 Å². The highest BCUT2D eigenvalue weighted by Gasteiger charge is 2.18. The van der Waals surface area contributed by atoms with Crippen LogP contribution >= 0.6 is 0 Å². The highest BCUT2D eigenvalue weighted by molar-refractivity contribution is 5.47. The molecular formula is C15H23FN2. The standard InChI is InChI=1S/C15H23FN2/c1-18(12-7-4-2-3-5-8-12)11-13-14(16)9-6-10-15(13)17/h6,9-10,12H,2-5,7-8,11,17H2,1H3. The number of nitrogen functional groups attached to an aromatic ring is 1. The van der Waals surface area contributed by atoms with E-state index in [1.54, 1.807) is 12.1 Å². The van der Waals surface area contributed by atoms with Crippen molar-refractivity contribution in [2.75, 3.05) is 12.8 Å². The van der Waals surface area contributed by atoms with Gasteiger partial charge < -0.3 is 5.73 Å². The van der Waals surface area contributed by atoms with Gasteiger partial charge in [-0.25, -0.2) is 4.39 Å². The first-order valence-corrected chi connectivity index (χ1v) is 6.91. The first-order valence-electron chi connectivity index (χ1n) is 6.91. The highest BCUT2D eigenvalue weighted by atomic mass is 19.1. The average molecular weight is 250 g/mol. The van der Waals surface area contributed by atoms with Crippen LogP contribution in [0.15, 0.2) is 18.2 Å². The molecule has 1 aliphatic rings. The van der Waals surface area contributed by atoms with E-state index in [1.165, 1.54) is 44.6 Å². The van der Waals surface area contributed by atoms with Gasteiger partial charge in [0.25, 0.3) is 0 Å². The molecule has 100 valence electrons. The molecule has 1 saturated carbocycles. The highest BCUT2D eigenvalue weighted by Crippen LogP contribution is 2.24. The molecule has 0 atom stereocenters. The van der Waals surface area contributed by atoms with Gasteiger partial charge in [0, 0.05) is 23.8 Å². The van der Waals surface area contributed by atoms with Crippen molar-refractivity contribution in [3.63, 3.8) is 0 Å². The van der Waals surface area contributed by atoms with E-state index < -0.39 is 0 Å². The van der Waals surface area contributed by atoms with Crippen LogP contribution in [0.3, 0.4) is 0 Å². The van der Waals surface area contributed by atoms with E-state index in [9.17, 15) is 4.39 Å². The number of nitrogens with two attached hydrogens (primary N) is 1. The van der Waals surface area contributed by atoms with Crippen LogP contribution in [0, 0.1) is 5.82 Å². The second kappa shape index (κ2) is 6.19. The van der Waals surface area contributed by atoms with Crippen LogP contribution in [0.5, 0.6) is 0 Å². The summed E-state index contributed by atoms with van der Waals surface area (Å²) < 4.78 is 13.8. The van der Waals surface area contributed by atoms with E-state index in [2.05, 4.69) is 11.9 Å². The maximum Gasteiger partial charge on any atom is 0.129 e. The van der Waals surface area contributed by atoms with E-state index in [0.29, 0.717) is 23.8 Å². The van der Waals surface area contributed by atoms with Crippen LogP contribution in [-0.4, -0.2) is 18.0 Å². The molecule has 3 heteroatoms. The molecule has 0 unspecified atom stereocenters. The second-order valence-electron chi connectivity index (χ2n) is 5.37. The molecule has 1 aromatic carbocycles. The smallest absolute Gasteiger partial charge is 0.129 e. The van der Waals surface area contributed by atoms with Crippen LogP contribution in [0.1, 0.15) is 44.1 Å². The zero-order valence-electron chi connectivity index (χ0n) is 11.2. The van der Waals surface area contributed by atoms with Gasteiger partial charge in [-0.2, -0.15) is 0 Å². The summed E-state index contributed by atoms with van der Waals surface area (Å²) in [6.07, 6.45) is 7.72. The lowest BCUT2D eigenvalue weighted by Gasteiger charge is -2.27. The topological polar surface area (TPSA) is 29.3 Å². The fourth-order valence-corrected chi connectivity index (χ4v) is 2.82. The van der Waals surface area contributed by atoms with Crippen molar-refractivity contribution in [2.45, 2.75) is 51.1 Å². The van der Waals surface area contributed by atoms with Gasteiger partial charge in [0.1, 0.15) is 5.82 Å². The Balaban J connectivity index is 2.03. The zero-order valence-corrected chi connectivity index (χ0v) is 11.2. The Kier molecular flexibility index (Phi) is 4.59. The summed E-state index contributed by atoms with van der Waals surface area (Å²) in [7, 11) is 2.09. The number of nitrogens with zero attached hydrogens (tertiary/aromatic N) is 1. The van der Waals surface area contributed by atoms with Gasteiger partial charge in [-0.15, -0.1) is 0 Å². The van der Waals surface area contributed by atoms with Crippen molar-refractivity contribution in [3.05, 3.63) is 29.6 Å². The number of rotatable bonds is 3. The Labute approximate surface area is 109 Å². The Morgan fingerprint density at radius 2 is 1.89 bits per heavy atom. The third-order valence-electron chi connectivity index (χ3n) is 4.01. The van der Waals surface area contributed by atoms with E-state index >= 15 is 0 Å². The molecule has 0 radical (unpaired) electrons. The summed E-state index contributed by atoms with van der Waals surface area (Å²) >= 11 is 0. The summed E-state index contributed by atoms with van der Waals surface area (Å²) in [5.74, 6) is -0.185. The Hall–Kier alpha value is -1.09. The van der Waals surface area contributed by atoms with Gasteiger partial charge in [-0.3, -0.25) is 4.90 Å². The second-order valence-corrected chi connectivity index (χ2v) is 5.37. The lowest BCUT2D eigenvalue weighted by Crippen LogP contribution is -2.31. The minimum absolute atomic E-state index is 0.185. The van der Waals surface area contributed by atoms with Crippen LogP contribution < -0.4 is 5.73 Å². The largest absolute Gasteiger partial charge is 0.398 e. The van der Waals surface area contributed by atoms with Crippen molar-refractivity contribution in [3.8, 4) is 0 Å². The number of halogens is 1. The normalized spacial score (nSPS) is 17.9. The molecule has 1 fully saturated rings. The number of hydrogen-bond acceptors (Lipinski definition) is 2. The van der Waals surface area contributed by atoms with Crippen LogP contribution in [0.25, 0.3) is 0 Å². The molecule has 1 aromatic rings. The number of anilines is 1. The molecule has 1 aliphatic carbocycles. The molecule has 2 rings (SSSR count). The van der Waals surface area contributed by atoms with Gasteiger partial charge in [-0.05, 0) is 32.0 Å². The Morgan fingerprint density at radius 1 is 1.22 bits per heavy atom. The SMILES string of the molecule is CN(Cc1c(N)cccc1F)C1CCCCCC1. The number of benzene rings is 1. The molecule has 0 saturated heterocycles. The maximum absolute atomic E-state index is 13.8. The molecule has 0 heterocycles. The monoisotopic (exact) mass is 250 g/mol. The molecule has 18 heavy (non-hydrogen) atoms. The summed E-state index contributed by atoms with van der Waals surface area (Å²) in [5.41, 5.74) is 7.07. The van der Waals surface area contributed by atoms with Gasteiger partial charge in [0.2, 0.25) is 0 Å². The lowest BCUT2D eigenvalue weighted by molar-refractivity contribution is 0.211. The fourth-order valence-electron chi connectivity index (χ4n) is 2.82. The van der Waals surface area contributed by atoms with Gasteiger partial charge in [0.15, 0.2) is 0 Å². The summed E-state index contributed by atoms with van der Waals surface area (Å²) in [6.45, 7) is 0.614. The van der Waals surface area contributed by atoms with Crippen LogP contribution in [0.4, 0.5) is 10.1 Å². The van der Waals surface area contributed by atoms with E-state index in [-0.39, 0.29) is 5.82 Å². The van der Waals surface area contributed by atoms with E-state index in [4.69, 9.17) is 5.73 Å². The summed E-state index contributed by atoms with van der Waals surface area (Å²) in [6, 6.07) is 5.51. The van der Waals surface area contributed by atoms with Crippen LogP contribution in [-0.2, 0) is 6.54 Å². The van der Waals surface area contributed by atoms with Crippen LogP contribution in [0.2, 0.25) is 0 Å². The minimum atomic E-state index is -0.185. The van der Waals surface area contributed by atoms with Gasteiger partial charge in [0.05, 0.1) is 0 Å². The molecule has 0 amide bonds. The first-order chi connectivity index (χ1) is 8.68. The molecule has 2 nitrogen and oxygen atoms in total. The first kappa shape index (κ1) is 13.3. The third-order valence-corrected chi connectivity index (χ3v) is 4.01. The third kappa shape index (κ3) is 3.22.